The molecule has 6 nitrogen and oxygen atoms in total. The van der Waals surface area contributed by atoms with E-state index in [2.05, 4.69) is 9.72 Å². The van der Waals surface area contributed by atoms with Crippen LogP contribution in [0, 0.1) is 21.4 Å². The fourth-order valence-electron chi connectivity index (χ4n) is 1.33. The van der Waals surface area contributed by atoms with Gasteiger partial charge in [0.15, 0.2) is 5.75 Å². The van der Waals surface area contributed by atoms with E-state index in [1.165, 1.54) is 6.07 Å². The Morgan fingerprint density at radius 2 is 2.10 bits per heavy atom. The lowest BCUT2D eigenvalue weighted by atomic mass is 10.1. The van der Waals surface area contributed by atoms with Crippen LogP contribution in [-0.4, -0.2) is 16.3 Å². The predicted molar refractivity (Wildman–Crippen MR) is 51.8 cm³/mol. The summed E-state index contributed by atoms with van der Waals surface area (Å²) in [4.78, 5) is 12.4. The van der Waals surface area contributed by atoms with Crippen LogP contribution in [0.25, 0.3) is 0 Å². The van der Waals surface area contributed by atoms with Crippen molar-refractivity contribution in [1.29, 1.82) is 5.26 Å². The minimum atomic E-state index is -5.36. The summed E-state index contributed by atoms with van der Waals surface area (Å²) in [6, 6.07) is 1.35. The molecule has 0 aliphatic heterocycles. The van der Waals surface area contributed by atoms with Crippen LogP contribution in [-0.2, 0) is 6.42 Å². The molecule has 11 heteroatoms. The monoisotopic (exact) mass is 297 g/mol. The number of nitrogens with zero attached hydrogens (tertiary/aromatic N) is 3. The SMILES string of the molecule is N#CCc1c([N+](=O)[O-])cnc(C(F)F)c1OC(F)(F)F. The summed E-state index contributed by atoms with van der Waals surface area (Å²) < 4.78 is 65.1. The highest BCUT2D eigenvalue weighted by Gasteiger charge is 2.37. The second kappa shape index (κ2) is 5.64. The highest BCUT2D eigenvalue weighted by atomic mass is 19.4. The molecular formula is C9H4F5N3O3. The average Bonchev–Trinajstić information content (AvgIpc) is 2.28. The first kappa shape index (κ1) is 15.5. The third-order valence-corrected chi connectivity index (χ3v) is 2.02. The molecule has 0 aliphatic rings. The molecule has 0 atom stereocenters. The number of nitro groups is 1. The van der Waals surface area contributed by atoms with Crippen molar-refractivity contribution in [2.45, 2.75) is 19.2 Å². The molecule has 0 N–H and O–H groups in total. The van der Waals surface area contributed by atoms with Crippen LogP contribution in [0.1, 0.15) is 17.7 Å². The Labute approximate surface area is 107 Å². The lowest BCUT2D eigenvalue weighted by molar-refractivity contribution is -0.386. The van der Waals surface area contributed by atoms with Crippen LogP contribution >= 0.6 is 0 Å². The van der Waals surface area contributed by atoms with Gasteiger partial charge >= 0.3 is 6.36 Å². The van der Waals surface area contributed by atoms with Crippen molar-refractivity contribution >= 4 is 5.69 Å². The lowest BCUT2D eigenvalue weighted by Crippen LogP contribution is -2.20. The first-order valence-corrected chi connectivity index (χ1v) is 4.74. The second-order valence-corrected chi connectivity index (χ2v) is 3.28. The number of hydrogen-bond donors (Lipinski definition) is 0. The summed E-state index contributed by atoms with van der Waals surface area (Å²) >= 11 is 0. The largest absolute Gasteiger partial charge is 0.573 e. The molecule has 1 rings (SSSR count). The van der Waals surface area contributed by atoms with Crippen LogP contribution in [0.5, 0.6) is 5.75 Å². The molecule has 0 amide bonds. The Kier molecular flexibility index (Phi) is 4.38. The zero-order valence-electron chi connectivity index (χ0n) is 9.32. The highest BCUT2D eigenvalue weighted by Crippen LogP contribution is 2.38. The van der Waals surface area contributed by atoms with Gasteiger partial charge in [-0.3, -0.25) is 10.1 Å². The van der Waals surface area contributed by atoms with Crippen LogP contribution in [0.2, 0.25) is 0 Å². The molecule has 1 aromatic rings. The average molecular weight is 297 g/mol. The number of ether oxygens (including phenoxy) is 1. The van der Waals surface area contributed by atoms with E-state index in [4.69, 9.17) is 5.26 Å². The number of nitriles is 1. The molecule has 0 aromatic carbocycles. The summed E-state index contributed by atoms with van der Waals surface area (Å²) in [7, 11) is 0. The lowest BCUT2D eigenvalue weighted by Gasteiger charge is -2.15. The quantitative estimate of drug-likeness (QED) is 0.484. The maximum atomic E-state index is 12.6. The standard InChI is InChI=1S/C9H4F5N3O3/c10-8(11)6-7(20-9(12,13)14)4(1-2-15)5(3-16-6)17(18)19/h3,8H,1H2. The smallest absolute Gasteiger partial charge is 0.403 e. The van der Waals surface area contributed by atoms with Crippen molar-refractivity contribution in [3.05, 3.63) is 27.6 Å². The van der Waals surface area contributed by atoms with Gasteiger partial charge in [-0.05, 0) is 0 Å². The van der Waals surface area contributed by atoms with E-state index in [0.29, 0.717) is 6.20 Å². The molecule has 0 spiro atoms. The van der Waals surface area contributed by atoms with Gasteiger partial charge < -0.3 is 4.74 Å². The van der Waals surface area contributed by atoms with Gasteiger partial charge in [-0.1, -0.05) is 0 Å². The topological polar surface area (TPSA) is 89.0 Å². The van der Waals surface area contributed by atoms with Gasteiger partial charge in [-0.25, -0.2) is 13.8 Å². The zero-order chi connectivity index (χ0) is 15.5. The molecule has 0 saturated heterocycles. The third-order valence-electron chi connectivity index (χ3n) is 2.02. The predicted octanol–water partition coefficient (Wildman–Crippen LogP) is 2.89. The minimum absolute atomic E-state index is 0.359. The first-order chi connectivity index (χ1) is 9.17. The molecule has 0 radical (unpaired) electrons. The molecular weight excluding hydrogens is 293 g/mol. The molecule has 0 unspecified atom stereocenters. The Morgan fingerprint density at radius 1 is 1.50 bits per heavy atom. The number of alkyl halides is 5. The van der Waals surface area contributed by atoms with E-state index in [1.54, 1.807) is 0 Å². The molecule has 20 heavy (non-hydrogen) atoms. The van der Waals surface area contributed by atoms with Crippen molar-refractivity contribution < 1.29 is 31.6 Å². The van der Waals surface area contributed by atoms with Crippen molar-refractivity contribution in [3.63, 3.8) is 0 Å². The van der Waals surface area contributed by atoms with E-state index in [-0.39, 0.29) is 0 Å². The van der Waals surface area contributed by atoms with E-state index in [1.807, 2.05) is 0 Å². The zero-order valence-corrected chi connectivity index (χ0v) is 9.32. The summed E-state index contributed by atoms with van der Waals surface area (Å²) in [6.07, 6.45) is -9.36. The van der Waals surface area contributed by atoms with Crippen molar-refractivity contribution in [1.82, 2.24) is 4.98 Å². The van der Waals surface area contributed by atoms with Crippen LogP contribution in [0.4, 0.5) is 27.6 Å². The Morgan fingerprint density at radius 3 is 2.50 bits per heavy atom. The maximum absolute atomic E-state index is 12.6. The molecule has 0 fully saturated rings. The fourth-order valence-corrected chi connectivity index (χ4v) is 1.33. The van der Waals surface area contributed by atoms with E-state index in [0.717, 1.165) is 0 Å². The fraction of sp³-hybridized carbons (Fsp3) is 0.333. The Bertz CT molecular complexity index is 567. The maximum Gasteiger partial charge on any atom is 0.573 e. The highest BCUT2D eigenvalue weighted by molar-refractivity contribution is 5.52. The number of hydrogen-bond acceptors (Lipinski definition) is 5. The number of halogens is 5. The number of pyridine rings is 1. The molecule has 0 saturated carbocycles. The van der Waals surface area contributed by atoms with Gasteiger partial charge in [-0.15, -0.1) is 13.2 Å². The van der Waals surface area contributed by atoms with Crippen molar-refractivity contribution in [3.8, 4) is 11.8 Å². The second-order valence-electron chi connectivity index (χ2n) is 3.28. The normalized spacial score (nSPS) is 11.2. The van der Waals surface area contributed by atoms with Gasteiger partial charge in [0.05, 0.1) is 23.0 Å². The van der Waals surface area contributed by atoms with Crippen molar-refractivity contribution in [2.24, 2.45) is 0 Å². The van der Waals surface area contributed by atoms with Gasteiger partial charge in [-0.2, -0.15) is 5.26 Å². The first-order valence-electron chi connectivity index (χ1n) is 4.74. The third kappa shape index (κ3) is 3.50. The van der Waals surface area contributed by atoms with Gasteiger partial charge in [0.25, 0.3) is 12.1 Å². The summed E-state index contributed by atoms with van der Waals surface area (Å²) in [6.45, 7) is 0. The van der Waals surface area contributed by atoms with Gasteiger partial charge in [0.2, 0.25) is 0 Å². The summed E-state index contributed by atoms with van der Waals surface area (Å²) in [5.74, 6) is -1.51. The van der Waals surface area contributed by atoms with E-state index in [9.17, 15) is 32.1 Å². The molecule has 108 valence electrons. The number of aromatic nitrogens is 1. The summed E-state index contributed by atoms with van der Waals surface area (Å²) in [5, 5.41) is 19.1. The molecule has 0 bridgehead atoms. The molecule has 1 heterocycles. The molecule has 1 aromatic heterocycles. The van der Waals surface area contributed by atoms with Crippen LogP contribution in [0.3, 0.4) is 0 Å². The van der Waals surface area contributed by atoms with Crippen LogP contribution in [0.15, 0.2) is 6.20 Å². The van der Waals surface area contributed by atoms with Gasteiger partial charge in [0, 0.05) is 0 Å². The minimum Gasteiger partial charge on any atom is -0.403 e. The number of rotatable bonds is 4. The van der Waals surface area contributed by atoms with Crippen LogP contribution < -0.4 is 4.74 Å². The molecule has 0 aliphatic carbocycles. The van der Waals surface area contributed by atoms with E-state index >= 15 is 0 Å². The Hall–Kier alpha value is -2.51. The van der Waals surface area contributed by atoms with Crippen molar-refractivity contribution in [2.75, 3.05) is 0 Å². The summed E-state index contributed by atoms with van der Waals surface area (Å²) in [5.41, 5.74) is -3.33. The Balaban J connectivity index is 3.57. The van der Waals surface area contributed by atoms with E-state index < -0.39 is 46.8 Å². The van der Waals surface area contributed by atoms with Gasteiger partial charge in [0.1, 0.15) is 11.9 Å².